The van der Waals surface area contributed by atoms with E-state index in [4.69, 9.17) is 0 Å². The Bertz CT molecular complexity index is 733. The first kappa shape index (κ1) is 19.6. The zero-order chi connectivity index (χ0) is 18.8. The van der Waals surface area contributed by atoms with Crippen molar-refractivity contribution < 1.29 is 13.2 Å². The molecule has 8 nitrogen and oxygen atoms in total. The molecule has 1 N–H and O–H groups in total. The monoisotopic (exact) mass is 369 g/mol. The van der Waals surface area contributed by atoms with Gasteiger partial charge in [-0.1, -0.05) is 13.8 Å². The number of hydrogen-bond acceptors (Lipinski definition) is 6. The number of anilines is 1. The smallest absolute Gasteiger partial charge is 0.254 e. The van der Waals surface area contributed by atoms with Gasteiger partial charge in [0.15, 0.2) is 0 Å². The van der Waals surface area contributed by atoms with Crippen LogP contribution in [0.25, 0.3) is 0 Å². The van der Waals surface area contributed by atoms with E-state index in [1.807, 2.05) is 27.9 Å². The van der Waals surface area contributed by atoms with Crippen LogP contribution < -0.4 is 10.2 Å². The van der Waals surface area contributed by atoms with E-state index in [0.29, 0.717) is 49.2 Å². The molecule has 0 radical (unpaired) electrons. The van der Waals surface area contributed by atoms with Gasteiger partial charge < -0.3 is 10.2 Å². The number of sulfonamides is 1. The Balaban J connectivity index is 2.33. The summed E-state index contributed by atoms with van der Waals surface area (Å²) in [6.45, 7) is 5.39. The second-order valence-corrected chi connectivity index (χ2v) is 9.06. The Morgan fingerprint density at radius 3 is 2.64 bits per heavy atom. The Labute approximate surface area is 149 Å². The van der Waals surface area contributed by atoms with E-state index in [-0.39, 0.29) is 11.8 Å². The summed E-state index contributed by atoms with van der Waals surface area (Å²) in [5.41, 5.74) is 1.04. The van der Waals surface area contributed by atoms with Gasteiger partial charge in [0.1, 0.15) is 0 Å². The third-order valence-corrected chi connectivity index (χ3v) is 5.40. The second kappa shape index (κ2) is 7.65. The van der Waals surface area contributed by atoms with Crippen molar-refractivity contribution in [3.8, 4) is 0 Å². The SMILES string of the molecule is CC(C)CNC(=O)c1cnc(N(C)C)nc1C1CCN(S(C)(=O)=O)C1. The molecule has 1 aromatic rings. The Morgan fingerprint density at radius 1 is 1.44 bits per heavy atom. The maximum Gasteiger partial charge on any atom is 0.254 e. The van der Waals surface area contributed by atoms with Crippen LogP contribution in [0.5, 0.6) is 0 Å². The van der Waals surface area contributed by atoms with Gasteiger partial charge in [-0.2, -0.15) is 0 Å². The third-order valence-electron chi connectivity index (χ3n) is 4.13. The van der Waals surface area contributed by atoms with E-state index in [2.05, 4.69) is 15.3 Å². The van der Waals surface area contributed by atoms with E-state index < -0.39 is 10.0 Å². The molecule has 1 fully saturated rings. The van der Waals surface area contributed by atoms with Gasteiger partial charge in [-0.25, -0.2) is 22.7 Å². The number of hydrogen-bond donors (Lipinski definition) is 1. The molecule has 1 aromatic heterocycles. The molecule has 1 aliphatic rings. The van der Waals surface area contributed by atoms with Crippen molar-refractivity contribution in [3.05, 3.63) is 17.5 Å². The van der Waals surface area contributed by atoms with E-state index in [1.165, 1.54) is 16.8 Å². The number of nitrogens with one attached hydrogen (secondary N) is 1. The van der Waals surface area contributed by atoms with Crippen LogP contribution >= 0.6 is 0 Å². The van der Waals surface area contributed by atoms with E-state index in [1.54, 1.807) is 4.90 Å². The maximum absolute atomic E-state index is 12.5. The van der Waals surface area contributed by atoms with Crippen molar-refractivity contribution in [2.24, 2.45) is 5.92 Å². The van der Waals surface area contributed by atoms with Crippen molar-refractivity contribution in [2.75, 3.05) is 44.9 Å². The molecule has 0 aromatic carbocycles. The predicted molar refractivity (Wildman–Crippen MR) is 97.3 cm³/mol. The molecule has 0 saturated carbocycles. The number of aromatic nitrogens is 2. The molecule has 1 unspecified atom stereocenters. The fourth-order valence-corrected chi connectivity index (χ4v) is 3.62. The average molecular weight is 369 g/mol. The first-order chi connectivity index (χ1) is 11.6. The molecule has 2 rings (SSSR count). The zero-order valence-electron chi connectivity index (χ0n) is 15.5. The molecular formula is C16H27N5O3S. The summed E-state index contributed by atoms with van der Waals surface area (Å²) in [6.07, 6.45) is 3.38. The zero-order valence-corrected chi connectivity index (χ0v) is 16.3. The molecule has 25 heavy (non-hydrogen) atoms. The highest BCUT2D eigenvalue weighted by molar-refractivity contribution is 7.88. The van der Waals surface area contributed by atoms with Crippen LogP contribution in [-0.2, 0) is 10.0 Å². The van der Waals surface area contributed by atoms with E-state index in [0.717, 1.165) is 0 Å². The highest BCUT2D eigenvalue weighted by atomic mass is 32.2. The fraction of sp³-hybridized carbons (Fsp3) is 0.688. The van der Waals surface area contributed by atoms with Crippen molar-refractivity contribution in [3.63, 3.8) is 0 Å². The summed E-state index contributed by atoms with van der Waals surface area (Å²) in [7, 11) is 0.411. The molecule has 1 amide bonds. The topological polar surface area (TPSA) is 95.5 Å². The fourth-order valence-electron chi connectivity index (χ4n) is 2.73. The van der Waals surface area contributed by atoms with Crippen molar-refractivity contribution in [1.82, 2.24) is 19.6 Å². The van der Waals surface area contributed by atoms with Crippen LogP contribution in [-0.4, -0.2) is 68.6 Å². The molecule has 1 atom stereocenters. The van der Waals surface area contributed by atoms with Gasteiger partial charge in [0, 0.05) is 45.8 Å². The van der Waals surface area contributed by atoms with Gasteiger partial charge >= 0.3 is 0 Å². The molecule has 9 heteroatoms. The van der Waals surface area contributed by atoms with Gasteiger partial charge in [0.25, 0.3) is 5.91 Å². The van der Waals surface area contributed by atoms with Crippen LogP contribution in [0.2, 0.25) is 0 Å². The first-order valence-corrected chi connectivity index (χ1v) is 10.2. The highest BCUT2D eigenvalue weighted by Gasteiger charge is 2.33. The van der Waals surface area contributed by atoms with Gasteiger partial charge in [0.2, 0.25) is 16.0 Å². The standard InChI is InChI=1S/C16H27N5O3S/c1-11(2)8-17-15(22)13-9-18-16(20(3)4)19-14(13)12-6-7-21(10-12)25(5,23)24/h9,11-12H,6-8,10H2,1-5H3,(H,17,22). The maximum atomic E-state index is 12.5. The number of nitrogens with zero attached hydrogens (tertiary/aromatic N) is 4. The summed E-state index contributed by atoms with van der Waals surface area (Å²) < 4.78 is 25.0. The Morgan fingerprint density at radius 2 is 2.12 bits per heavy atom. The number of carbonyl (C=O) groups is 1. The molecule has 1 aliphatic heterocycles. The minimum atomic E-state index is -3.25. The van der Waals surface area contributed by atoms with Crippen LogP contribution in [0.3, 0.4) is 0 Å². The predicted octanol–water partition coefficient (Wildman–Crippen LogP) is 0.677. The van der Waals surface area contributed by atoms with E-state index >= 15 is 0 Å². The Hall–Kier alpha value is -1.74. The Kier molecular flexibility index (Phi) is 5.99. The minimum absolute atomic E-state index is 0.115. The quantitative estimate of drug-likeness (QED) is 0.792. The number of rotatable bonds is 6. The summed E-state index contributed by atoms with van der Waals surface area (Å²) in [5.74, 6) is 0.512. The van der Waals surface area contributed by atoms with Crippen LogP contribution in [0.1, 0.15) is 42.2 Å². The third kappa shape index (κ3) is 4.88. The second-order valence-electron chi connectivity index (χ2n) is 7.07. The van der Waals surface area contributed by atoms with Crippen molar-refractivity contribution in [2.45, 2.75) is 26.2 Å². The van der Waals surface area contributed by atoms with Crippen molar-refractivity contribution >= 4 is 21.9 Å². The largest absolute Gasteiger partial charge is 0.352 e. The molecule has 0 bridgehead atoms. The lowest BCUT2D eigenvalue weighted by Crippen LogP contribution is -2.30. The molecule has 0 spiro atoms. The molecule has 0 aliphatic carbocycles. The van der Waals surface area contributed by atoms with Crippen LogP contribution in [0, 0.1) is 5.92 Å². The van der Waals surface area contributed by atoms with Crippen LogP contribution in [0.15, 0.2) is 6.20 Å². The normalized spacial score (nSPS) is 18.6. The van der Waals surface area contributed by atoms with Gasteiger partial charge in [0.05, 0.1) is 17.5 Å². The summed E-state index contributed by atoms with van der Waals surface area (Å²) in [6, 6.07) is 0. The summed E-state index contributed by atoms with van der Waals surface area (Å²) in [4.78, 5) is 23.1. The lowest BCUT2D eigenvalue weighted by molar-refractivity contribution is 0.0946. The van der Waals surface area contributed by atoms with Crippen molar-refractivity contribution in [1.29, 1.82) is 0 Å². The van der Waals surface area contributed by atoms with Gasteiger partial charge in [-0.05, 0) is 12.3 Å². The highest BCUT2D eigenvalue weighted by Crippen LogP contribution is 2.30. The minimum Gasteiger partial charge on any atom is -0.352 e. The summed E-state index contributed by atoms with van der Waals surface area (Å²) in [5, 5.41) is 2.89. The molecule has 140 valence electrons. The molecule has 1 saturated heterocycles. The lowest BCUT2D eigenvalue weighted by atomic mass is 9.99. The number of carbonyl (C=O) groups excluding carboxylic acids is 1. The molecule has 2 heterocycles. The number of amides is 1. The van der Waals surface area contributed by atoms with Gasteiger partial charge in [-0.15, -0.1) is 0 Å². The lowest BCUT2D eigenvalue weighted by Gasteiger charge is -2.18. The molecular weight excluding hydrogens is 342 g/mol. The summed E-state index contributed by atoms with van der Waals surface area (Å²) >= 11 is 0. The van der Waals surface area contributed by atoms with Crippen LogP contribution in [0.4, 0.5) is 5.95 Å². The van der Waals surface area contributed by atoms with Gasteiger partial charge in [-0.3, -0.25) is 4.79 Å². The first-order valence-electron chi connectivity index (χ1n) is 8.37. The van der Waals surface area contributed by atoms with E-state index in [9.17, 15) is 13.2 Å². The average Bonchev–Trinajstić information content (AvgIpc) is 3.02.